The third-order valence-corrected chi connectivity index (χ3v) is 5.17. The summed E-state index contributed by atoms with van der Waals surface area (Å²) < 4.78 is 7.34. The van der Waals surface area contributed by atoms with Gasteiger partial charge in [-0.25, -0.2) is 4.98 Å². The number of carbonyl (C=O) groups is 1. The van der Waals surface area contributed by atoms with E-state index in [9.17, 15) is 4.79 Å². The van der Waals surface area contributed by atoms with Crippen LogP contribution < -0.4 is 0 Å². The molecule has 3 heterocycles. The first-order valence-electron chi connectivity index (χ1n) is 9.19. The number of nitrogens with zero attached hydrogens (tertiary/aromatic N) is 6. The van der Waals surface area contributed by atoms with Crippen molar-refractivity contribution in [2.75, 3.05) is 20.1 Å². The molecular formula is C19H22Cl2N6O2. The Labute approximate surface area is 179 Å². The van der Waals surface area contributed by atoms with E-state index in [1.165, 1.54) is 0 Å². The zero-order valence-corrected chi connectivity index (χ0v) is 18.0. The number of aromatic nitrogens is 4. The molecule has 4 rings (SSSR count). The van der Waals surface area contributed by atoms with Crippen LogP contribution in [-0.2, 0) is 13.1 Å². The van der Waals surface area contributed by atoms with E-state index >= 15 is 0 Å². The van der Waals surface area contributed by atoms with Crippen molar-refractivity contribution in [3.63, 3.8) is 0 Å². The Bertz CT molecular complexity index is 1030. The van der Waals surface area contributed by atoms with E-state index < -0.39 is 0 Å². The molecule has 0 saturated heterocycles. The summed E-state index contributed by atoms with van der Waals surface area (Å²) in [7, 11) is 1.76. The van der Waals surface area contributed by atoms with Crippen molar-refractivity contribution in [1.82, 2.24) is 29.5 Å². The molecule has 0 atom stereocenters. The van der Waals surface area contributed by atoms with Crippen LogP contribution >= 0.6 is 24.0 Å². The number of rotatable bonds is 5. The normalized spacial score (nSPS) is 13.1. The van der Waals surface area contributed by atoms with Crippen LogP contribution in [0.1, 0.15) is 35.8 Å². The van der Waals surface area contributed by atoms with Gasteiger partial charge in [0.25, 0.3) is 5.91 Å². The zero-order valence-electron chi connectivity index (χ0n) is 16.4. The second-order valence-electron chi connectivity index (χ2n) is 6.70. The Morgan fingerprint density at radius 1 is 1.28 bits per heavy atom. The van der Waals surface area contributed by atoms with Crippen LogP contribution in [0, 0.1) is 0 Å². The molecule has 1 aliphatic heterocycles. The number of benzene rings is 1. The Kier molecular flexibility index (Phi) is 6.26. The Morgan fingerprint density at radius 2 is 2.03 bits per heavy atom. The minimum atomic E-state index is -0.0949. The van der Waals surface area contributed by atoms with Gasteiger partial charge in [-0.2, -0.15) is 4.98 Å². The minimum Gasteiger partial charge on any atom is -0.337 e. The van der Waals surface area contributed by atoms with E-state index in [4.69, 9.17) is 16.1 Å². The molecule has 1 aliphatic rings. The Balaban J connectivity index is 0.00000240. The molecule has 29 heavy (non-hydrogen) atoms. The van der Waals surface area contributed by atoms with E-state index in [1.54, 1.807) is 30.3 Å². The summed E-state index contributed by atoms with van der Waals surface area (Å²) in [6, 6.07) is 5.26. The average molecular weight is 437 g/mol. The second-order valence-corrected chi connectivity index (χ2v) is 7.14. The number of amides is 1. The molecule has 0 aliphatic carbocycles. The van der Waals surface area contributed by atoms with Crippen molar-refractivity contribution < 1.29 is 9.32 Å². The predicted octanol–water partition coefficient (Wildman–Crippen LogP) is 3.42. The van der Waals surface area contributed by atoms with Crippen molar-refractivity contribution in [3.8, 4) is 17.3 Å². The lowest BCUT2D eigenvalue weighted by atomic mass is 10.1. The van der Waals surface area contributed by atoms with Gasteiger partial charge in [-0.15, -0.1) is 12.4 Å². The lowest BCUT2D eigenvalue weighted by molar-refractivity contribution is 0.0788. The predicted molar refractivity (Wildman–Crippen MR) is 112 cm³/mol. The van der Waals surface area contributed by atoms with Gasteiger partial charge < -0.3 is 9.42 Å². The number of halogens is 2. The first kappa shape index (κ1) is 21.3. The molecule has 10 heteroatoms. The number of hydrogen-bond donors (Lipinski definition) is 0. The third-order valence-electron chi connectivity index (χ3n) is 4.93. The summed E-state index contributed by atoms with van der Waals surface area (Å²) >= 11 is 6.14. The number of carbonyl (C=O) groups excluding carboxylic acids is 1. The maximum atomic E-state index is 12.8. The van der Waals surface area contributed by atoms with Gasteiger partial charge in [0.2, 0.25) is 11.7 Å². The molecule has 0 unspecified atom stereocenters. The van der Waals surface area contributed by atoms with Crippen molar-refractivity contribution in [1.29, 1.82) is 0 Å². The highest BCUT2D eigenvalue weighted by molar-refractivity contribution is 6.31. The van der Waals surface area contributed by atoms with E-state index in [2.05, 4.69) is 33.9 Å². The minimum absolute atomic E-state index is 0. The fraction of sp³-hybridized carbons (Fsp3) is 0.368. The van der Waals surface area contributed by atoms with Gasteiger partial charge in [-0.05, 0) is 31.3 Å². The van der Waals surface area contributed by atoms with Gasteiger partial charge in [0, 0.05) is 12.1 Å². The average Bonchev–Trinajstić information content (AvgIpc) is 3.30. The summed E-state index contributed by atoms with van der Waals surface area (Å²) in [5.41, 5.74) is 2.08. The molecular weight excluding hydrogens is 415 g/mol. The van der Waals surface area contributed by atoms with Crippen molar-refractivity contribution in [2.45, 2.75) is 26.9 Å². The van der Waals surface area contributed by atoms with E-state index in [0.717, 1.165) is 18.8 Å². The zero-order chi connectivity index (χ0) is 19.8. The summed E-state index contributed by atoms with van der Waals surface area (Å²) in [5.74, 6) is 1.37. The number of fused-ring (bicyclic) bond motifs is 3. The first-order valence-corrected chi connectivity index (χ1v) is 9.56. The van der Waals surface area contributed by atoms with Gasteiger partial charge in [0.1, 0.15) is 0 Å². The Morgan fingerprint density at radius 3 is 2.76 bits per heavy atom. The van der Waals surface area contributed by atoms with Crippen LogP contribution in [-0.4, -0.2) is 55.5 Å². The smallest absolute Gasteiger partial charge is 0.256 e. The molecule has 0 radical (unpaired) electrons. The second kappa shape index (κ2) is 8.52. The van der Waals surface area contributed by atoms with Crippen LogP contribution in [0.3, 0.4) is 0 Å². The summed E-state index contributed by atoms with van der Waals surface area (Å²) in [6.07, 6.45) is 1.74. The van der Waals surface area contributed by atoms with Crippen molar-refractivity contribution >= 4 is 29.9 Å². The van der Waals surface area contributed by atoms with Crippen LogP contribution in [0.25, 0.3) is 17.3 Å². The molecule has 0 spiro atoms. The summed E-state index contributed by atoms with van der Waals surface area (Å²) in [4.78, 5) is 25.6. The maximum Gasteiger partial charge on any atom is 0.256 e. The van der Waals surface area contributed by atoms with Crippen LogP contribution in [0.2, 0.25) is 5.02 Å². The fourth-order valence-corrected chi connectivity index (χ4v) is 3.54. The van der Waals surface area contributed by atoms with Crippen molar-refractivity contribution in [2.24, 2.45) is 0 Å². The number of hydrogen-bond acceptors (Lipinski definition) is 6. The molecule has 1 aromatic carbocycles. The lowest BCUT2D eigenvalue weighted by Gasteiger charge is -2.14. The molecule has 0 saturated carbocycles. The molecule has 154 valence electrons. The molecule has 2 aromatic heterocycles. The highest BCUT2D eigenvalue weighted by Crippen LogP contribution is 2.30. The monoisotopic (exact) mass is 436 g/mol. The molecule has 0 N–H and O–H groups in total. The molecule has 0 bridgehead atoms. The Hall–Kier alpha value is -2.42. The molecule has 1 amide bonds. The van der Waals surface area contributed by atoms with Gasteiger partial charge in [0.05, 0.1) is 36.2 Å². The van der Waals surface area contributed by atoms with Gasteiger partial charge >= 0.3 is 0 Å². The van der Waals surface area contributed by atoms with Crippen LogP contribution in [0.5, 0.6) is 0 Å². The van der Waals surface area contributed by atoms with E-state index in [0.29, 0.717) is 46.9 Å². The molecule has 0 fully saturated rings. The van der Waals surface area contributed by atoms with E-state index in [1.807, 2.05) is 10.6 Å². The van der Waals surface area contributed by atoms with Gasteiger partial charge in [-0.1, -0.05) is 30.6 Å². The van der Waals surface area contributed by atoms with Crippen LogP contribution in [0.15, 0.2) is 28.9 Å². The van der Waals surface area contributed by atoms with Crippen molar-refractivity contribution in [3.05, 3.63) is 46.6 Å². The number of imidazole rings is 1. The highest BCUT2D eigenvalue weighted by atomic mass is 35.5. The summed E-state index contributed by atoms with van der Waals surface area (Å²) in [6.45, 7) is 6.98. The standard InChI is InChI=1S/C19H21ClN6O2.ClH/c1-4-25(5-2)11-16-22-17(23-28-16)18-21-9-13-10-24(3)19(27)14-8-12(20)6-7-15(14)26(13)18;/h6-9H,4-5,10-11H2,1-3H3;1H. The molecule has 8 nitrogen and oxygen atoms in total. The third kappa shape index (κ3) is 3.88. The SMILES string of the molecule is CCN(CC)Cc1nc(-c2ncc3n2-c2ccc(Cl)cc2C(=O)N(C)C3)no1.Cl. The quantitative estimate of drug-likeness (QED) is 0.609. The fourth-order valence-electron chi connectivity index (χ4n) is 3.37. The van der Waals surface area contributed by atoms with E-state index in [-0.39, 0.29) is 18.3 Å². The van der Waals surface area contributed by atoms with Crippen LogP contribution in [0.4, 0.5) is 0 Å². The van der Waals surface area contributed by atoms with Gasteiger partial charge in [-0.3, -0.25) is 14.3 Å². The van der Waals surface area contributed by atoms with Gasteiger partial charge in [0.15, 0.2) is 5.82 Å². The topological polar surface area (TPSA) is 80.3 Å². The largest absolute Gasteiger partial charge is 0.337 e. The first-order chi connectivity index (χ1) is 13.5. The highest BCUT2D eigenvalue weighted by Gasteiger charge is 2.28. The molecule has 3 aromatic rings. The lowest BCUT2D eigenvalue weighted by Crippen LogP contribution is -2.24. The summed E-state index contributed by atoms with van der Waals surface area (Å²) in [5, 5.41) is 4.63. The maximum absolute atomic E-state index is 12.8.